The zero-order valence-corrected chi connectivity index (χ0v) is 47.0. The summed E-state index contributed by atoms with van der Waals surface area (Å²) in [5.74, 6) is -0.155. The molecular weight excluding hydrogens is 864 g/mol. The Labute approximate surface area is 424 Å². The highest BCUT2D eigenvalue weighted by Gasteiger charge is 2.28. The number of amides is 1. The van der Waals surface area contributed by atoms with Crippen LogP contribution in [-0.2, 0) is 18.4 Å². The maximum absolute atomic E-state index is 12.9. The van der Waals surface area contributed by atoms with Crippen molar-refractivity contribution < 1.29 is 32.9 Å². The Hall–Kier alpha value is -1.02. The molecule has 0 saturated heterocycles. The first-order valence-electron chi connectivity index (χ1n) is 29.7. The SMILES string of the molecule is CCCC/C=C\C/C=C\CCCCCCCC(=O)NC(COP(=O)(O)OCC[N+](C)(C)C)C(O)CCCCCCCCCCCCCCCCCCCCCCCCCCCCCCCCCC. The lowest BCUT2D eigenvalue weighted by Gasteiger charge is -2.26. The molecule has 0 spiro atoms. The molecule has 1 amide bonds. The van der Waals surface area contributed by atoms with Gasteiger partial charge in [-0.15, -0.1) is 0 Å². The van der Waals surface area contributed by atoms with Gasteiger partial charge < -0.3 is 19.8 Å². The van der Waals surface area contributed by atoms with Gasteiger partial charge in [0.15, 0.2) is 0 Å². The van der Waals surface area contributed by atoms with Crippen LogP contribution in [0.15, 0.2) is 24.3 Å². The first-order chi connectivity index (χ1) is 33.0. The van der Waals surface area contributed by atoms with Gasteiger partial charge in [0.2, 0.25) is 5.91 Å². The van der Waals surface area contributed by atoms with Crippen molar-refractivity contribution in [3.05, 3.63) is 24.3 Å². The van der Waals surface area contributed by atoms with Crippen LogP contribution in [-0.4, -0.2) is 73.4 Å². The molecule has 0 aliphatic carbocycles. The van der Waals surface area contributed by atoms with E-state index in [1.807, 2.05) is 21.1 Å². The van der Waals surface area contributed by atoms with Crippen molar-refractivity contribution in [2.24, 2.45) is 0 Å². The number of hydrogen-bond acceptors (Lipinski definition) is 5. The van der Waals surface area contributed by atoms with Crippen LogP contribution in [0.1, 0.15) is 296 Å². The van der Waals surface area contributed by atoms with Crippen molar-refractivity contribution in [2.45, 2.75) is 309 Å². The number of unbranched alkanes of at least 4 members (excludes halogenated alkanes) is 38. The van der Waals surface area contributed by atoms with E-state index in [1.54, 1.807) is 0 Å². The van der Waals surface area contributed by atoms with E-state index in [4.69, 9.17) is 9.05 Å². The van der Waals surface area contributed by atoms with Crippen LogP contribution in [0.3, 0.4) is 0 Å². The second-order valence-corrected chi connectivity index (χ2v) is 23.2. The topological polar surface area (TPSA) is 105 Å². The molecule has 0 aliphatic heterocycles. The Kier molecular flexibility index (Phi) is 50.1. The number of phosphoric acid groups is 1. The van der Waals surface area contributed by atoms with E-state index >= 15 is 0 Å². The van der Waals surface area contributed by atoms with Crippen LogP contribution in [0.2, 0.25) is 0 Å². The molecule has 3 unspecified atom stereocenters. The molecule has 68 heavy (non-hydrogen) atoms. The highest BCUT2D eigenvalue weighted by molar-refractivity contribution is 7.47. The molecule has 0 fully saturated rings. The molecule has 0 saturated carbocycles. The van der Waals surface area contributed by atoms with Crippen molar-refractivity contribution in [3.63, 3.8) is 0 Å². The normalized spacial score (nSPS) is 14.0. The lowest BCUT2D eigenvalue weighted by molar-refractivity contribution is -0.870. The Balaban J connectivity index is 3.99. The maximum Gasteiger partial charge on any atom is 0.472 e. The molecule has 0 aromatic rings. The highest BCUT2D eigenvalue weighted by Crippen LogP contribution is 2.43. The third-order valence-corrected chi connectivity index (χ3v) is 14.7. The van der Waals surface area contributed by atoms with Gasteiger partial charge in [-0.25, -0.2) is 4.57 Å². The fourth-order valence-electron chi connectivity index (χ4n) is 9.01. The minimum atomic E-state index is -4.32. The molecule has 0 aliphatic rings. The predicted octanol–water partition coefficient (Wildman–Crippen LogP) is 18.0. The van der Waals surface area contributed by atoms with Crippen LogP contribution in [0, 0.1) is 0 Å². The number of aliphatic hydroxyl groups excluding tert-OH is 1. The standard InChI is InChI=1S/C59H117N2O6P/c1-6-8-10-12-14-16-18-20-22-23-24-25-26-27-28-29-30-31-32-33-34-35-36-37-38-39-40-42-44-46-48-50-52-58(62)57(56-67-68(64,65)66-55-54-61(3,4)5)60-59(63)53-51-49-47-45-43-41-21-19-17-15-13-11-9-7-2/h13,15,19,21,57-58,62H,6-12,14,16-18,20,22-56H2,1-5H3,(H-,60,63,64,65)/p+1/b15-13-,21-19-. The van der Waals surface area contributed by atoms with Crippen LogP contribution < -0.4 is 5.32 Å². The second kappa shape index (κ2) is 50.9. The molecule has 0 aromatic carbocycles. The number of nitrogens with zero attached hydrogens (tertiary/aromatic N) is 1. The minimum absolute atomic E-state index is 0.0727. The first kappa shape index (κ1) is 67.0. The molecule has 3 atom stereocenters. The molecule has 0 rings (SSSR count). The number of aliphatic hydroxyl groups is 1. The molecule has 9 heteroatoms. The number of carbonyl (C=O) groups is 1. The fourth-order valence-corrected chi connectivity index (χ4v) is 9.74. The number of nitrogens with one attached hydrogen (secondary N) is 1. The summed E-state index contributed by atoms with van der Waals surface area (Å²) < 4.78 is 23.7. The lowest BCUT2D eigenvalue weighted by Crippen LogP contribution is -2.46. The number of hydrogen-bond donors (Lipinski definition) is 3. The molecular formula is C59H118N2O6P+. The average molecular weight is 983 g/mol. The van der Waals surface area contributed by atoms with Crippen LogP contribution in [0.25, 0.3) is 0 Å². The van der Waals surface area contributed by atoms with Gasteiger partial charge in [0, 0.05) is 6.42 Å². The maximum atomic E-state index is 12.9. The molecule has 0 heterocycles. The van der Waals surface area contributed by atoms with Crippen molar-refractivity contribution in [2.75, 3.05) is 40.9 Å². The van der Waals surface area contributed by atoms with Crippen molar-refractivity contribution >= 4 is 13.7 Å². The van der Waals surface area contributed by atoms with Gasteiger partial charge in [-0.2, -0.15) is 0 Å². The Morgan fingerprint density at radius 3 is 1.25 bits per heavy atom. The largest absolute Gasteiger partial charge is 0.472 e. The molecule has 0 radical (unpaired) electrons. The number of carbonyl (C=O) groups excluding carboxylic acids is 1. The highest BCUT2D eigenvalue weighted by atomic mass is 31.2. The van der Waals surface area contributed by atoms with Crippen LogP contribution >= 0.6 is 7.82 Å². The van der Waals surface area contributed by atoms with Crippen LogP contribution in [0.5, 0.6) is 0 Å². The Morgan fingerprint density at radius 2 is 0.853 bits per heavy atom. The Bertz CT molecular complexity index is 1160. The summed E-state index contributed by atoms with van der Waals surface area (Å²) in [6.45, 7) is 4.87. The van der Waals surface area contributed by atoms with Gasteiger partial charge in [0.05, 0.1) is 39.9 Å². The van der Waals surface area contributed by atoms with Gasteiger partial charge in [-0.1, -0.05) is 276 Å². The third-order valence-electron chi connectivity index (χ3n) is 13.7. The predicted molar refractivity (Wildman–Crippen MR) is 295 cm³/mol. The lowest BCUT2D eigenvalue weighted by atomic mass is 10.0. The van der Waals surface area contributed by atoms with E-state index in [-0.39, 0.29) is 19.1 Å². The second-order valence-electron chi connectivity index (χ2n) is 21.7. The molecule has 8 nitrogen and oxygen atoms in total. The number of quaternary nitrogens is 1. The first-order valence-corrected chi connectivity index (χ1v) is 31.2. The number of rotatable bonds is 55. The van der Waals surface area contributed by atoms with E-state index in [1.165, 1.54) is 205 Å². The van der Waals surface area contributed by atoms with E-state index in [2.05, 4.69) is 43.5 Å². The van der Waals surface area contributed by atoms with E-state index in [0.29, 0.717) is 23.9 Å². The van der Waals surface area contributed by atoms with Crippen LogP contribution in [0.4, 0.5) is 0 Å². The van der Waals surface area contributed by atoms with Crippen molar-refractivity contribution in [3.8, 4) is 0 Å². The molecule has 0 aromatic heterocycles. The van der Waals surface area contributed by atoms with Gasteiger partial charge in [-0.05, 0) is 38.5 Å². The summed E-state index contributed by atoms with van der Waals surface area (Å²) in [5, 5.41) is 14.0. The average Bonchev–Trinajstić information content (AvgIpc) is 3.30. The van der Waals surface area contributed by atoms with Crippen molar-refractivity contribution in [1.29, 1.82) is 0 Å². The zero-order valence-electron chi connectivity index (χ0n) is 46.1. The van der Waals surface area contributed by atoms with E-state index in [9.17, 15) is 19.4 Å². The summed E-state index contributed by atoms with van der Waals surface area (Å²) in [6.07, 6.45) is 64.0. The van der Waals surface area contributed by atoms with Gasteiger partial charge in [0.25, 0.3) is 0 Å². The summed E-state index contributed by atoms with van der Waals surface area (Å²) in [7, 11) is 1.61. The molecule has 3 N–H and O–H groups in total. The number of likely N-dealkylation sites (N-methyl/N-ethyl adjacent to an activating group) is 1. The van der Waals surface area contributed by atoms with Crippen molar-refractivity contribution in [1.82, 2.24) is 5.32 Å². The fraction of sp³-hybridized carbons (Fsp3) is 0.915. The molecule has 0 bridgehead atoms. The van der Waals surface area contributed by atoms with E-state index in [0.717, 1.165) is 64.2 Å². The smallest absolute Gasteiger partial charge is 0.391 e. The third kappa shape index (κ3) is 52.8. The van der Waals surface area contributed by atoms with Gasteiger partial charge in [0.1, 0.15) is 13.2 Å². The summed E-state index contributed by atoms with van der Waals surface area (Å²) in [6, 6.07) is -0.767. The molecule has 404 valence electrons. The summed E-state index contributed by atoms with van der Waals surface area (Å²) >= 11 is 0. The summed E-state index contributed by atoms with van der Waals surface area (Å²) in [4.78, 5) is 23.3. The van der Waals surface area contributed by atoms with Gasteiger partial charge in [-0.3, -0.25) is 13.8 Å². The van der Waals surface area contributed by atoms with E-state index < -0.39 is 20.0 Å². The van der Waals surface area contributed by atoms with Gasteiger partial charge >= 0.3 is 7.82 Å². The zero-order chi connectivity index (χ0) is 49.9. The quantitative estimate of drug-likeness (QED) is 0.0243. The summed E-state index contributed by atoms with van der Waals surface area (Å²) in [5.41, 5.74) is 0. The number of phosphoric ester groups is 1. The number of allylic oxidation sites excluding steroid dienone is 4. The Morgan fingerprint density at radius 1 is 0.500 bits per heavy atom. The monoisotopic (exact) mass is 982 g/mol. The minimum Gasteiger partial charge on any atom is -0.391 e.